The van der Waals surface area contributed by atoms with E-state index in [2.05, 4.69) is 9.72 Å². The number of carboxylic acids is 1. The minimum absolute atomic E-state index is 0.0796. The molecule has 0 fully saturated rings. The van der Waals surface area contributed by atoms with Crippen molar-refractivity contribution < 1.29 is 28.6 Å². The minimum atomic E-state index is -3.10. The molecule has 1 aromatic rings. The van der Waals surface area contributed by atoms with Gasteiger partial charge >= 0.3 is 12.6 Å². The van der Waals surface area contributed by atoms with Gasteiger partial charge in [0, 0.05) is 0 Å². The number of hydrogen-bond donors (Lipinski definition) is 3. The molecule has 0 aliphatic heterocycles. The Bertz CT molecular complexity index is 401. The Morgan fingerprint density at radius 1 is 1.59 bits per heavy atom. The minimum Gasteiger partial charge on any atom is -0.478 e. The molecule has 1 heterocycles. The number of anilines is 1. The van der Waals surface area contributed by atoms with Gasteiger partial charge in [0.15, 0.2) is 11.1 Å². The van der Waals surface area contributed by atoms with Gasteiger partial charge in [-0.15, -0.1) is 4.91 Å². The number of nitrogens with two attached hydrogens (primary N) is 1. The molecular formula is C7H7F2N3O5. The summed E-state index contributed by atoms with van der Waals surface area (Å²) in [6, 6.07) is 0.944. The van der Waals surface area contributed by atoms with E-state index in [1.54, 1.807) is 0 Å². The predicted molar refractivity (Wildman–Crippen MR) is 49.8 cm³/mol. The summed E-state index contributed by atoms with van der Waals surface area (Å²) >= 11 is 0. The molecule has 10 heteroatoms. The summed E-state index contributed by atoms with van der Waals surface area (Å²) in [5.74, 6) is -2.00. The van der Waals surface area contributed by atoms with E-state index < -0.39 is 23.9 Å². The Labute approximate surface area is 92.6 Å². The molecular weight excluding hydrogens is 244 g/mol. The van der Waals surface area contributed by atoms with Crippen LogP contribution in [0, 0.1) is 4.91 Å². The fourth-order valence-corrected chi connectivity index (χ4v) is 0.816. The topological polar surface area (TPSA) is 135 Å². The van der Waals surface area contributed by atoms with Crippen molar-refractivity contribution >= 4 is 11.8 Å². The van der Waals surface area contributed by atoms with E-state index in [4.69, 9.17) is 21.0 Å². The molecule has 17 heavy (non-hydrogen) atoms. The van der Waals surface area contributed by atoms with Crippen LogP contribution in [0.4, 0.5) is 14.6 Å². The van der Waals surface area contributed by atoms with Gasteiger partial charge in [0.2, 0.25) is 0 Å². The molecule has 0 unspecified atom stereocenters. The first-order valence-electron chi connectivity index (χ1n) is 3.82. The number of carbonyl (C=O) groups is 1. The van der Waals surface area contributed by atoms with Crippen LogP contribution in [0.5, 0.6) is 5.75 Å². The highest BCUT2D eigenvalue weighted by atomic mass is 19.3. The average Bonchev–Trinajstić information content (AvgIpc) is 2.21. The lowest BCUT2D eigenvalue weighted by atomic mass is 10.2. The molecule has 0 aliphatic carbocycles. The Hall–Kier alpha value is -2.52. The molecule has 0 aromatic carbocycles. The molecule has 0 bridgehead atoms. The van der Waals surface area contributed by atoms with Gasteiger partial charge in [-0.25, -0.2) is 9.78 Å². The molecule has 0 aliphatic rings. The van der Waals surface area contributed by atoms with E-state index in [9.17, 15) is 13.6 Å². The van der Waals surface area contributed by atoms with E-state index in [1.165, 1.54) is 5.34 Å². The van der Waals surface area contributed by atoms with Crippen molar-refractivity contribution in [3.05, 3.63) is 22.7 Å². The highest BCUT2D eigenvalue weighted by Gasteiger charge is 2.15. The Kier molecular flexibility index (Phi) is 5.85. The van der Waals surface area contributed by atoms with Crippen LogP contribution in [-0.2, 0) is 0 Å². The molecule has 94 valence electrons. The first-order chi connectivity index (χ1) is 7.92. The second-order valence-corrected chi connectivity index (χ2v) is 2.37. The molecule has 1 aromatic heterocycles. The third-order valence-electron chi connectivity index (χ3n) is 1.34. The number of halogens is 2. The third kappa shape index (κ3) is 5.20. The molecule has 0 spiro atoms. The Morgan fingerprint density at radius 3 is 2.53 bits per heavy atom. The van der Waals surface area contributed by atoms with Crippen molar-refractivity contribution in [2.45, 2.75) is 6.61 Å². The fourth-order valence-electron chi connectivity index (χ4n) is 0.816. The standard InChI is InChI=1S/C7H6F2N2O3.HNO2/c8-7(9)14-4-2-11-5(10)1-3(4)6(12)13;2-1-3/h1-2,7H,(H2,10,11)(H,12,13);(H,2,3). The second kappa shape index (κ2) is 6.87. The largest absolute Gasteiger partial charge is 0.478 e. The lowest BCUT2D eigenvalue weighted by Gasteiger charge is -2.07. The van der Waals surface area contributed by atoms with Gasteiger partial charge in [-0.2, -0.15) is 8.78 Å². The number of aromatic carboxylic acids is 1. The van der Waals surface area contributed by atoms with Crippen molar-refractivity contribution in [1.29, 1.82) is 0 Å². The van der Waals surface area contributed by atoms with Crippen LogP contribution in [0.2, 0.25) is 0 Å². The smallest absolute Gasteiger partial charge is 0.387 e. The first kappa shape index (κ1) is 14.5. The highest BCUT2D eigenvalue weighted by Crippen LogP contribution is 2.20. The number of rotatable bonds is 3. The zero-order chi connectivity index (χ0) is 13.4. The van der Waals surface area contributed by atoms with Gasteiger partial charge < -0.3 is 20.8 Å². The maximum Gasteiger partial charge on any atom is 0.387 e. The van der Waals surface area contributed by atoms with Crippen LogP contribution in [0.15, 0.2) is 17.6 Å². The summed E-state index contributed by atoms with van der Waals surface area (Å²) in [4.78, 5) is 22.1. The van der Waals surface area contributed by atoms with Crippen LogP contribution in [0.25, 0.3) is 0 Å². The molecule has 8 nitrogen and oxygen atoms in total. The van der Waals surface area contributed by atoms with Gasteiger partial charge in [-0.1, -0.05) is 0 Å². The summed E-state index contributed by atoms with van der Waals surface area (Å²) in [6.45, 7) is -3.10. The fraction of sp³-hybridized carbons (Fsp3) is 0.143. The van der Waals surface area contributed by atoms with E-state index in [1.807, 2.05) is 0 Å². The number of carboxylic acid groups (broad SMARTS) is 1. The van der Waals surface area contributed by atoms with Crippen molar-refractivity contribution in [2.75, 3.05) is 5.73 Å². The predicted octanol–water partition coefficient (Wildman–Crippen LogP) is 1.11. The summed E-state index contributed by atoms with van der Waals surface area (Å²) in [7, 11) is 0. The average molecular weight is 251 g/mol. The SMILES string of the molecule is Nc1cc(C(=O)O)c(OC(F)F)cn1.O=NO. The molecule has 0 saturated heterocycles. The molecule has 0 saturated carbocycles. The maximum absolute atomic E-state index is 11.8. The number of nitrogens with zero attached hydrogens (tertiary/aromatic N) is 2. The molecule has 0 amide bonds. The molecule has 0 atom stereocenters. The summed E-state index contributed by atoms with van der Waals surface area (Å²) in [5, 5.41) is 16.5. The zero-order valence-electron chi connectivity index (χ0n) is 8.08. The van der Waals surface area contributed by atoms with Crippen molar-refractivity contribution in [2.24, 2.45) is 5.34 Å². The van der Waals surface area contributed by atoms with Crippen LogP contribution in [0.3, 0.4) is 0 Å². The van der Waals surface area contributed by atoms with Gasteiger partial charge in [0.1, 0.15) is 11.4 Å². The lowest BCUT2D eigenvalue weighted by Crippen LogP contribution is -2.09. The summed E-state index contributed by atoms with van der Waals surface area (Å²) in [6.07, 6.45) is 0.838. The number of hydrogen-bond acceptors (Lipinski definition) is 6. The number of aromatic nitrogens is 1. The van der Waals surface area contributed by atoms with Crippen LogP contribution in [-0.4, -0.2) is 27.9 Å². The van der Waals surface area contributed by atoms with Crippen molar-refractivity contribution in [1.82, 2.24) is 4.98 Å². The normalized spacial score (nSPS) is 9.12. The van der Waals surface area contributed by atoms with Crippen molar-refractivity contribution in [3.63, 3.8) is 0 Å². The van der Waals surface area contributed by atoms with Crippen LogP contribution in [0.1, 0.15) is 10.4 Å². The molecule has 0 radical (unpaired) electrons. The van der Waals surface area contributed by atoms with Gasteiger partial charge in [0.25, 0.3) is 0 Å². The maximum atomic E-state index is 11.8. The quantitative estimate of drug-likeness (QED) is 0.540. The van der Waals surface area contributed by atoms with Gasteiger partial charge in [-0.05, 0) is 6.07 Å². The zero-order valence-corrected chi connectivity index (χ0v) is 8.08. The number of alkyl halides is 2. The second-order valence-electron chi connectivity index (χ2n) is 2.37. The van der Waals surface area contributed by atoms with Crippen molar-refractivity contribution in [3.8, 4) is 5.75 Å². The van der Waals surface area contributed by atoms with E-state index in [0.29, 0.717) is 0 Å². The summed E-state index contributed by atoms with van der Waals surface area (Å²) < 4.78 is 27.5. The van der Waals surface area contributed by atoms with Crippen LogP contribution < -0.4 is 10.5 Å². The number of ether oxygens (including phenoxy) is 1. The monoisotopic (exact) mass is 251 g/mol. The van der Waals surface area contributed by atoms with Gasteiger partial charge in [0.05, 0.1) is 6.20 Å². The van der Waals surface area contributed by atoms with E-state index >= 15 is 0 Å². The van der Waals surface area contributed by atoms with Crippen LogP contribution >= 0.6 is 0 Å². The highest BCUT2D eigenvalue weighted by molar-refractivity contribution is 5.91. The number of pyridine rings is 1. The Morgan fingerprint density at radius 2 is 2.12 bits per heavy atom. The van der Waals surface area contributed by atoms with E-state index in [-0.39, 0.29) is 5.82 Å². The first-order valence-corrected chi connectivity index (χ1v) is 3.82. The molecule has 4 N–H and O–H groups in total. The van der Waals surface area contributed by atoms with E-state index in [0.717, 1.165) is 12.3 Å². The number of nitrogen functional groups attached to an aromatic ring is 1. The third-order valence-corrected chi connectivity index (χ3v) is 1.34. The lowest BCUT2D eigenvalue weighted by molar-refractivity contribution is -0.0505. The Balaban J connectivity index is 0.000000770. The summed E-state index contributed by atoms with van der Waals surface area (Å²) in [5.41, 5.74) is 4.73. The van der Waals surface area contributed by atoms with Gasteiger partial charge in [-0.3, -0.25) is 0 Å². The molecule has 1 rings (SSSR count).